The Bertz CT molecular complexity index is 783. The summed E-state index contributed by atoms with van der Waals surface area (Å²) in [5.74, 6) is 0.142. The molecular formula is C10H16N5Na2O7P. The van der Waals surface area contributed by atoms with Crippen LogP contribution in [0.25, 0.3) is 11.2 Å². The van der Waals surface area contributed by atoms with Gasteiger partial charge in [0.1, 0.15) is 30.2 Å². The Balaban J connectivity index is 0. The van der Waals surface area contributed by atoms with Crippen LogP contribution < -0.4 is 64.8 Å². The number of aromatic nitrogens is 4. The predicted octanol–water partition coefficient (Wildman–Crippen LogP) is -7.63. The number of fused-ring (bicyclic) bond motifs is 1. The van der Waals surface area contributed by atoms with Gasteiger partial charge in [-0.3, -0.25) is 9.09 Å². The third-order valence-electron chi connectivity index (χ3n) is 3.41. The van der Waals surface area contributed by atoms with Gasteiger partial charge in [0, 0.05) is 0 Å². The molecule has 0 saturated carbocycles. The summed E-state index contributed by atoms with van der Waals surface area (Å²) in [4.78, 5) is 29.2. The van der Waals surface area contributed by atoms with Crippen molar-refractivity contribution in [3.63, 3.8) is 0 Å². The third kappa shape index (κ3) is 4.99. The molecule has 25 heavy (non-hydrogen) atoms. The van der Waals surface area contributed by atoms with Gasteiger partial charge in [-0.05, 0) is 0 Å². The molecule has 6 N–H and O–H groups in total. The first-order valence-corrected chi connectivity index (χ1v) is 7.95. The number of anilines is 1. The Morgan fingerprint density at radius 3 is 2.60 bits per heavy atom. The van der Waals surface area contributed by atoms with Crippen LogP contribution in [-0.4, -0.2) is 64.4 Å². The number of nitrogens with zero attached hydrogens (tertiary/aromatic N) is 4. The molecule has 4 atom stereocenters. The summed E-state index contributed by atoms with van der Waals surface area (Å²) in [5.41, 5.74) is 6.25. The van der Waals surface area contributed by atoms with Crippen molar-refractivity contribution in [2.75, 3.05) is 12.3 Å². The van der Waals surface area contributed by atoms with Gasteiger partial charge in [-0.25, -0.2) is 19.5 Å². The van der Waals surface area contributed by atoms with Crippen LogP contribution in [0.3, 0.4) is 0 Å². The van der Waals surface area contributed by atoms with Crippen molar-refractivity contribution >= 4 is 24.8 Å². The van der Waals surface area contributed by atoms with Crippen LogP contribution in [0.4, 0.5) is 5.82 Å². The van der Waals surface area contributed by atoms with Crippen LogP contribution in [0.1, 0.15) is 9.08 Å². The van der Waals surface area contributed by atoms with Gasteiger partial charge in [-0.15, -0.1) is 0 Å². The molecule has 0 amide bonds. The number of aliphatic hydroxyl groups is 2. The zero-order valence-electron chi connectivity index (χ0n) is 15.5. The Morgan fingerprint density at radius 2 is 1.96 bits per heavy atom. The molecule has 0 unspecified atom stereocenters. The molecule has 15 heteroatoms. The van der Waals surface area contributed by atoms with E-state index >= 15 is 0 Å². The van der Waals surface area contributed by atoms with Crippen molar-refractivity contribution in [2.45, 2.75) is 24.5 Å². The van der Waals surface area contributed by atoms with E-state index < -0.39 is 39.0 Å². The van der Waals surface area contributed by atoms with E-state index in [9.17, 15) is 14.8 Å². The first-order chi connectivity index (χ1) is 10.8. The Labute approximate surface area is 188 Å². The van der Waals surface area contributed by atoms with E-state index in [2.05, 4.69) is 19.5 Å². The SMILES string of the molecule is Nc1ncnc2c1ncn2[C@@H]1O[C@H](COP(=O)(O)O)[C@@H](O)[C@H]1O.[H-].[H-].[Na+].[Na+]. The number of phosphoric ester groups is 1. The standard InChI is InChI=1S/C10H14N5O7P.2Na.2H/c11-8-5-9(13-2-12-8)15(3-14-5)10-7(17)6(16)4(22-10)1-21-23(18,19)20;;;;/h2-4,6-7,10,16-17H,1H2,(H2,11,12,13)(H2,18,19,20);;;;/q;2*+1;2*-1/t4-,6-,7-,10-;;;;/m1..../s1. The van der Waals surface area contributed by atoms with E-state index in [1.165, 1.54) is 17.2 Å². The average molecular weight is 395 g/mol. The van der Waals surface area contributed by atoms with E-state index in [-0.39, 0.29) is 73.4 Å². The molecule has 1 aliphatic rings. The topological polar surface area (TPSA) is 186 Å². The van der Waals surface area contributed by atoms with E-state index in [4.69, 9.17) is 20.3 Å². The molecule has 2 aromatic rings. The monoisotopic (exact) mass is 395 g/mol. The maximum atomic E-state index is 10.7. The molecule has 1 aliphatic heterocycles. The summed E-state index contributed by atoms with van der Waals surface area (Å²) in [6, 6.07) is 0. The minimum atomic E-state index is -4.72. The summed E-state index contributed by atoms with van der Waals surface area (Å²) in [6.07, 6.45) is -2.49. The van der Waals surface area contributed by atoms with E-state index in [0.29, 0.717) is 5.52 Å². The van der Waals surface area contributed by atoms with Crippen LogP contribution in [0.2, 0.25) is 0 Å². The van der Waals surface area contributed by atoms with Crippen LogP contribution in [-0.2, 0) is 13.8 Å². The summed E-state index contributed by atoms with van der Waals surface area (Å²) in [6.45, 7) is -0.594. The van der Waals surface area contributed by atoms with Crippen molar-refractivity contribution in [1.29, 1.82) is 0 Å². The van der Waals surface area contributed by atoms with Crippen LogP contribution >= 0.6 is 7.82 Å². The first kappa shape index (κ1) is 23.4. The molecule has 0 radical (unpaired) electrons. The van der Waals surface area contributed by atoms with Gasteiger partial charge in [-0.2, -0.15) is 0 Å². The molecule has 0 spiro atoms. The number of ether oxygens (including phenoxy) is 1. The molecule has 3 heterocycles. The number of nitrogens with two attached hydrogens (primary N) is 1. The number of hydrogen-bond acceptors (Lipinski definition) is 9. The third-order valence-corrected chi connectivity index (χ3v) is 3.89. The fraction of sp³-hybridized carbons (Fsp3) is 0.500. The molecule has 1 fully saturated rings. The van der Waals surface area contributed by atoms with Crippen LogP contribution in [0.15, 0.2) is 12.7 Å². The van der Waals surface area contributed by atoms with E-state index in [1.54, 1.807) is 0 Å². The van der Waals surface area contributed by atoms with E-state index in [0.717, 1.165) is 0 Å². The molecule has 0 aromatic carbocycles. The second kappa shape index (κ2) is 9.02. The number of rotatable bonds is 4. The fourth-order valence-electron chi connectivity index (χ4n) is 2.32. The molecule has 2 aromatic heterocycles. The van der Waals surface area contributed by atoms with Gasteiger partial charge in [-0.1, -0.05) is 0 Å². The molecule has 12 nitrogen and oxygen atoms in total. The molecule has 3 rings (SSSR count). The van der Waals surface area contributed by atoms with Crippen molar-refractivity contribution in [3.05, 3.63) is 12.7 Å². The van der Waals surface area contributed by atoms with Gasteiger partial charge in [0.2, 0.25) is 0 Å². The molecule has 0 aliphatic carbocycles. The number of hydrogen-bond donors (Lipinski definition) is 5. The summed E-state index contributed by atoms with van der Waals surface area (Å²) in [7, 11) is -4.72. The van der Waals surface area contributed by atoms with Crippen molar-refractivity contribution < 1.29 is 95.8 Å². The second-order valence-corrected chi connectivity index (χ2v) is 6.15. The second-order valence-electron chi connectivity index (χ2n) is 4.92. The number of imidazole rings is 1. The zero-order valence-corrected chi connectivity index (χ0v) is 18.4. The zero-order chi connectivity index (χ0) is 16.8. The fourth-order valence-corrected chi connectivity index (χ4v) is 2.66. The predicted molar refractivity (Wildman–Crippen MR) is 75.9 cm³/mol. The van der Waals surface area contributed by atoms with Gasteiger partial charge < -0.3 is 33.3 Å². The van der Waals surface area contributed by atoms with Crippen molar-refractivity contribution in [1.82, 2.24) is 19.5 Å². The van der Waals surface area contributed by atoms with Crippen LogP contribution in [0, 0.1) is 0 Å². The van der Waals surface area contributed by atoms with E-state index in [1.807, 2.05) is 0 Å². The summed E-state index contributed by atoms with van der Waals surface area (Å²) >= 11 is 0. The van der Waals surface area contributed by atoms with Gasteiger partial charge in [0.15, 0.2) is 17.7 Å². The van der Waals surface area contributed by atoms with Gasteiger partial charge in [0.25, 0.3) is 0 Å². The molecular weight excluding hydrogens is 379 g/mol. The number of aliphatic hydroxyl groups excluding tert-OH is 2. The number of nitrogen functional groups attached to an aromatic ring is 1. The van der Waals surface area contributed by atoms with Crippen LogP contribution in [0.5, 0.6) is 0 Å². The van der Waals surface area contributed by atoms with Crippen molar-refractivity contribution in [2.24, 2.45) is 0 Å². The molecule has 1 saturated heterocycles. The minimum Gasteiger partial charge on any atom is -1.00 e. The smallest absolute Gasteiger partial charge is 1.00 e. The first-order valence-electron chi connectivity index (χ1n) is 6.42. The minimum absolute atomic E-state index is 0. The molecule has 130 valence electrons. The number of phosphoric acid groups is 1. The quantitative estimate of drug-likeness (QED) is 0.244. The Kier molecular flexibility index (Phi) is 8.44. The summed E-state index contributed by atoms with van der Waals surface area (Å²) < 4.78 is 21.8. The largest absolute Gasteiger partial charge is 1.00 e. The maximum Gasteiger partial charge on any atom is 1.00 e. The average Bonchev–Trinajstić information content (AvgIpc) is 3.01. The van der Waals surface area contributed by atoms with Crippen molar-refractivity contribution in [3.8, 4) is 0 Å². The van der Waals surface area contributed by atoms with Gasteiger partial charge in [0.05, 0.1) is 12.9 Å². The molecule has 0 bridgehead atoms. The normalized spacial score (nSPS) is 26.2. The Hall–Kier alpha value is 0.340. The summed E-state index contributed by atoms with van der Waals surface area (Å²) in [5, 5.41) is 20.1. The van der Waals surface area contributed by atoms with Gasteiger partial charge >= 0.3 is 66.9 Å². The maximum absolute atomic E-state index is 10.7. The Morgan fingerprint density at radius 1 is 1.28 bits per heavy atom.